The van der Waals surface area contributed by atoms with Crippen LogP contribution in [0.15, 0.2) is 73.3 Å². The predicted octanol–water partition coefficient (Wildman–Crippen LogP) is 8.68. The Labute approximate surface area is 237 Å². The smallest absolute Gasteiger partial charge is 0.161 e. The highest BCUT2D eigenvalue weighted by atomic mass is 16.5. The van der Waals surface area contributed by atoms with E-state index < -0.39 is 0 Å². The lowest BCUT2D eigenvalue weighted by Crippen LogP contribution is -2.15. The Hall–Kier alpha value is -3.53. The van der Waals surface area contributed by atoms with Crippen LogP contribution in [-0.2, 0) is 28.8 Å². The first kappa shape index (κ1) is 33.5. The fourth-order valence-electron chi connectivity index (χ4n) is 4.45. The molecule has 0 spiro atoms. The topological polar surface area (TPSA) is 44.8 Å². The number of methoxy groups -OCH3 is 1. The number of benzene rings is 3. The van der Waals surface area contributed by atoms with Crippen molar-refractivity contribution >= 4 is 12.5 Å². The summed E-state index contributed by atoms with van der Waals surface area (Å²) in [5.74, 6) is 2.67. The van der Waals surface area contributed by atoms with Gasteiger partial charge in [-0.3, -0.25) is 0 Å². The lowest BCUT2D eigenvalue weighted by atomic mass is 9.94. The second-order valence-corrected chi connectivity index (χ2v) is 9.06. The molecule has 39 heavy (non-hydrogen) atoms. The lowest BCUT2D eigenvalue weighted by molar-refractivity contribution is -0.0980. The Morgan fingerprint density at radius 3 is 2.08 bits per heavy atom. The highest BCUT2D eigenvalue weighted by Crippen LogP contribution is 2.29. The van der Waals surface area contributed by atoms with Crippen LogP contribution in [0.25, 0.3) is 5.76 Å². The summed E-state index contributed by atoms with van der Waals surface area (Å²) in [6.45, 7) is 17.9. The maximum absolute atomic E-state index is 8.00. The van der Waals surface area contributed by atoms with E-state index in [0.29, 0.717) is 19.1 Å². The summed E-state index contributed by atoms with van der Waals surface area (Å²) in [7, 11) is 1.68. The summed E-state index contributed by atoms with van der Waals surface area (Å²) in [6, 6.07) is 23.1. The van der Waals surface area contributed by atoms with Gasteiger partial charge in [0.15, 0.2) is 11.5 Å². The molecule has 0 amide bonds. The van der Waals surface area contributed by atoms with Crippen LogP contribution < -0.4 is 9.47 Å². The molecule has 0 aliphatic rings. The molecular formula is C35H48O4. The molecule has 0 heterocycles. The lowest BCUT2D eigenvalue weighted by Gasteiger charge is -2.21. The van der Waals surface area contributed by atoms with Gasteiger partial charge in [-0.15, -0.1) is 0 Å². The molecule has 0 aromatic heterocycles. The first-order valence-electron chi connectivity index (χ1n) is 14.1. The molecule has 4 heteroatoms. The van der Waals surface area contributed by atoms with Crippen molar-refractivity contribution in [1.82, 2.24) is 0 Å². The molecule has 0 radical (unpaired) electrons. The maximum Gasteiger partial charge on any atom is 0.161 e. The molecule has 0 bridgehead atoms. The first-order chi connectivity index (χ1) is 19.0. The molecule has 0 aliphatic carbocycles. The van der Waals surface area contributed by atoms with Gasteiger partial charge in [0.05, 0.1) is 20.3 Å². The molecule has 0 saturated carbocycles. The molecule has 0 N–H and O–H groups in total. The van der Waals surface area contributed by atoms with E-state index >= 15 is 0 Å². The SMILES string of the molecule is C=C(OCC(CCOc1cc(C)ccc1OC)CCc1ccccc1CC)c1ccccc1CC.C=O.CC. The minimum Gasteiger partial charge on any atom is -0.493 e. The average molecular weight is 533 g/mol. The van der Waals surface area contributed by atoms with Crippen molar-refractivity contribution in [3.05, 3.63) is 101 Å². The minimum atomic E-state index is 0.348. The molecule has 4 nitrogen and oxygen atoms in total. The van der Waals surface area contributed by atoms with E-state index in [0.717, 1.165) is 60.5 Å². The number of carbonyl (C=O) groups is 1. The van der Waals surface area contributed by atoms with E-state index in [2.05, 4.69) is 69.8 Å². The third kappa shape index (κ3) is 11.0. The average Bonchev–Trinajstić information content (AvgIpc) is 3.00. The molecule has 1 atom stereocenters. The first-order valence-corrected chi connectivity index (χ1v) is 14.1. The normalized spacial score (nSPS) is 10.7. The third-order valence-corrected chi connectivity index (χ3v) is 6.62. The van der Waals surface area contributed by atoms with Crippen LogP contribution in [0.2, 0.25) is 0 Å². The fourth-order valence-corrected chi connectivity index (χ4v) is 4.45. The molecule has 3 aromatic carbocycles. The van der Waals surface area contributed by atoms with Crippen LogP contribution >= 0.6 is 0 Å². The third-order valence-electron chi connectivity index (χ3n) is 6.62. The summed E-state index contributed by atoms with van der Waals surface area (Å²) in [5, 5.41) is 0. The standard InChI is InChI=1S/C32H40O3.C2H6.CH2O/c1-6-27-12-8-9-14-29(27)18-17-26(20-21-34-32-22-24(3)16-19-31(32)33-5)23-35-25(4)30-15-11-10-13-28(30)7-2;2*1-2/h8-16,19,22,26H,4,6-7,17-18,20-21,23H2,1-3,5H3;1-2H3;1H2. The van der Waals surface area contributed by atoms with Crippen molar-refractivity contribution in [3.63, 3.8) is 0 Å². The van der Waals surface area contributed by atoms with Crippen molar-refractivity contribution in [3.8, 4) is 11.5 Å². The van der Waals surface area contributed by atoms with E-state index in [1.54, 1.807) is 7.11 Å². The van der Waals surface area contributed by atoms with Crippen molar-refractivity contribution in [2.45, 2.75) is 66.7 Å². The Bertz CT molecular complexity index is 1110. The molecule has 212 valence electrons. The monoisotopic (exact) mass is 532 g/mol. The van der Waals surface area contributed by atoms with E-state index in [1.807, 2.05) is 44.9 Å². The van der Waals surface area contributed by atoms with Crippen LogP contribution in [0.3, 0.4) is 0 Å². The minimum absolute atomic E-state index is 0.348. The van der Waals surface area contributed by atoms with Crippen LogP contribution in [0.1, 0.15) is 68.4 Å². The second-order valence-electron chi connectivity index (χ2n) is 9.06. The molecule has 1 unspecified atom stereocenters. The Balaban J connectivity index is 0.00000181. The largest absolute Gasteiger partial charge is 0.493 e. The van der Waals surface area contributed by atoms with Crippen LogP contribution in [0.5, 0.6) is 11.5 Å². The highest BCUT2D eigenvalue weighted by molar-refractivity contribution is 5.61. The van der Waals surface area contributed by atoms with Crippen LogP contribution in [0, 0.1) is 12.8 Å². The van der Waals surface area contributed by atoms with E-state index in [1.165, 1.54) is 16.7 Å². The van der Waals surface area contributed by atoms with E-state index in [4.69, 9.17) is 19.0 Å². The zero-order valence-electron chi connectivity index (χ0n) is 24.9. The summed E-state index contributed by atoms with van der Waals surface area (Å²) < 4.78 is 17.9. The van der Waals surface area contributed by atoms with Gasteiger partial charge in [0.2, 0.25) is 0 Å². The molecular weight excluding hydrogens is 484 g/mol. The van der Waals surface area contributed by atoms with E-state index in [9.17, 15) is 0 Å². The van der Waals surface area contributed by atoms with Gasteiger partial charge >= 0.3 is 0 Å². The van der Waals surface area contributed by atoms with Gasteiger partial charge in [0.25, 0.3) is 0 Å². The summed E-state index contributed by atoms with van der Waals surface area (Å²) in [6.07, 6.45) is 4.98. The van der Waals surface area contributed by atoms with Gasteiger partial charge in [0, 0.05) is 5.56 Å². The van der Waals surface area contributed by atoms with Crippen molar-refractivity contribution in [1.29, 1.82) is 0 Å². The molecule has 0 saturated heterocycles. The highest BCUT2D eigenvalue weighted by Gasteiger charge is 2.15. The van der Waals surface area contributed by atoms with Gasteiger partial charge in [-0.25, -0.2) is 0 Å². The van der Waals surface area contributed by atoms with Gasteiger partial charge in [-0.1, -0.05) is 88.9 Å². The fraction of sp³-hybridized carbons (Fsp3) is 0.400. The van der Waals surface area contributed by atoms with Crippen LogP contribution in [0.4, 0.5) is 0 Å². The number of hydrogen-bond donors (Lipinski definition) is 0. The number of carbonyl (C=O) groups excluding carboxylic acids is 1. The maximum atomic E-state index is 8.00. The quantitative estimate of drug-likeness (QED) is 0.195. The summed E-state index contributed by atoms with van der Waals surface area (Å²) in [4.78, 5) is 8.00. The number of aryl methyl sites for hydroxylation is 4. The molecule has 0 fully saturated rings. The van der Waals surface area contributed by atoms with E-state index in [-0.39, 0.29) is 0 Å². The van der Waals surface area contributed by atoms with Crippen molar-refractivity contribution in [2.75, 3.05) is 20.3 Å². The number of ether oxygens (including phenoxy) is 3. The van der Waals surface area contributed by atoms with Crippen molar-refractivity contribution in [2.24, 2.45) is 5.92 Å². The van der Waals surface area contributed by atoms with Gasteiger partial charge in [-0.05, 0) is 79.3 Å². The van der Waals surface area contributed by atoms with Crippen molar-refractivity contribution < 1.29 is 19.0 Å². The second kappa shape index (κ2) is 19.5. The number of hydrogen-bond acceptors (Lipinski definition) is 4. The summed E-state index contributed by atoms with van der Waals surface area (Å²) >= 11 is 0. The van der Waals surface area contributed by atoms with Gasteiger partial charge in [0.1, 0.15) is 12.5 Å². The Morgan fingerprint density at radius 2 is 1.44 bits per heavy atom. The molecule has 3 aromatic rings. The summed E-state index contributed by atoms with van der Waals surface area (Å²) in [5.41, 5.74) is 6.37. The van der Waals surface area contributed by atoms with Gasteiger partial charge < -0.3 is 19.0 Å². The Kier molecular flexibility index (Phi) is 16.8. The number of rotatable bonds is 14. The van der Waals surface area contributed by atoms with Gasteiger partial charge in [-0.2, -0.15) is 0 Å². The zero-order valence-corrected chi connectivity index (χ0v) is 24.9. The molecule has 3 rings (SSSR count). The van der Waals surface area contributed by atoms with Crippen LogP contribution in [-0.4, -0.2) is 27.1 Å². The zero-order chi connectivity index (χ0) is 29.0. The predicted molar refractivity (Wildman–Crippen MR) is 165 cm³/mol. The Morgan fingerprint density at radius 1 is 0.821 bits per heavy atom. The molecule has 0 aliphatic heterocycles.